The van der Waals surface area contributed by atoms with Crippen molar-refractivity contribution in [2.24, 2.45) is 34.5 Å². The van der Waals surface area contributed by atoms with Gasteiger partial charge in [0, 0.05) is 18.4 Å². The zero-order valence-corrected chi connectivity index (χ0v) is 18.3. The van der Waals surface area contributed by atoms with Gasteiger partial charge in [0.25, 0.3) is 0 Å². The van der Waals surface area contributed by atoms with E-state index in [1.165, 1.54) is 70.9 Å². The van der Waals surface area contributed by atoms with Crippen molar-refractivity contribution in [3.05, 3.63) is 0 Å². The van der Waals surface area contributed by atoms with Crippen LogP contribution in [0.4, 0.5) is 0 Å². The molecule has 3 nitrogen and oxygen atoms in total. The number of hydrogen-bond donors (Lipinski definition) is 0. The molecule has 0 N–H and O–H groups in total. The Balaban J connectivity index is 1.21. The monoisotopic (exact) mass is 387 g/mol. The molecule has 0 amide bonds. The molecule has 0 radical (unpaired) electrons. The highest BCUT2D eigenvalue weighted by Gasteiger charge is 2.60. The molecule has 5 aliphatic rings. The van der Waals surface area contributed by atoms with Crippen LogP contribution >= 0.6 is 0 Å². The van der Waals surface area contributed by atoms with Gasteiger partial charge in [-0.1, -0.05) is 13.8 Å². The minimum Gasteiger partial charge on any atom is -0.377 e. The Morgan fingerprint density at radius 1 is 1.00 bits per heavy atom. The lowest BCUT2D eigenvalue weighted by atomic mass is 9.45. The van der Waals surface area contributed by atoms with E-state index in [2.05, 4.69) is 18.7 Å². The molecule has 5 rings (SSSR count). The van der Waals surface area contributed by atoms with Crippen LogP contribution in [0.3, 0.4) is 0 Å². The fourth-order valence-corrected chi connectivity index (χ4v) is 8.50. The highest BCUT2D eigenvalue weighted by Crippen LogP contribution is 2.65. The Bertz CT molecular complexity index is 599. The third-order valence-electron chi connectivity index (χ3n) is 10.3. The van der Waals surface area contributed by atoms with Gasteiger partial charge in [-0.05, 0) is 106 Å². The van der Waals surface area contributed by atoms with E-state index >= 15 is 0 Å². The molecule has 28 heavy (non-hydrogen) atoms. The SMILES string of the molecule is C[C@]12CC[C@H](OCCN3CCCC3)CC1CCC1C2CC[C@]2(C)C(=O)CCC12. The molecule has 4 unspecified atom stereocenters. The average molecular weight is 388 g/mol. The second-order valence-electron chi connectivity index (χ2n) is 11.4. The summed E-state index contributed by atoms with van der Waals surface area (Å²) in [6.45, 7) is 9.55. The van der Waals surface area contributed by atoms with Crippen molar-refractivity contribution >= 4 is 5.78 Å². The first kappa shape index (κ1) is 19.5. The second-order valence-corrected chi connectivity index (χ2v) is 11.4. The summed E-state index contributed by atoms with van der Waals surface area (Å²) in [5, 5.41) is 0. The van der Waals surface area contributed by atoms with Gasteiger partial charge >= 0.3 is 0 Å². The third-order valence-corrected chi connectivity index (χ3v) is 10.3. The summed E-state index contributed by atoms with van der Waals surface area (Å²) >= 11 is 0. The van der Waals surface area contributed by atoms with Crippen molar-refractivity contribution in [2.75, 3.05) is 26.2 Å². The summed E-state index contributed by atoms with van der Waals surface area (Å²) in [7, 11) is 0. The van der Waals surface area contributed by atoms with Gasteiger partial charge in [0.2, 0.25) is 0 Å². The second kappa shape index (κ2) is 7.38. The standard InChI is InChI=1S/C25H41NO2/c1-24-11-9-19(28-16-15-26-13-3-4-14-26)17-18(24)5-6-20-21-7-8-23(27)25(21,2)12-10-22(20)24/h18-22H,3-17H2,1-2H3/t18?,19-,20?,21?,22?,24-,25-/m0/s1. The van der Waals surface area contributed by atoms with Gasteiger partial charge in [0.05, 0.1) is 12.7 Å². The minimum atomic E-state index is 0.0280. The van der Waals surface area contributed by atoms with Gasteiger partial charge in [-0.2, -0.15) is 0 Å². The van der Waals surface area contributed by atoms with Crippen LogP contribution in [0.1, 0.15) is 84.5 Å². The maximum atomic E-state index is 12.6. The van der Waals surface area contributed by atoms with Crippen molar-refractivity contribution in [3.63, 3.8) is 0 Å². The number of Topliss-reactive ketones (excluding diaryl/α,β-unsaturated/α-hetero) is 1. The molecule has 0 spiro atoms. The summed E-state index contributed by atoms with van der Waals surface area (Å²) in [5.41, 5.74) is 0.533. The Morgan fingerprint density at radius 3 is 2.64 bits per heavy atom. The smallest absolute Gasteiger partial charge is 0.139 e. The Hall–Kier alpha value is -0.410. The molecule has 3 heteroatoms. The molecule has 1 saturated heterocycles. The van der Waals surface area contributed by atoms with Gasteiger partial charge in [-0.25, -0.2) is 0 Å². The predicted octanol–water partition coefficient (Wildman–Crippen LogP) is 5.08. The summed E-state index contributed by atoms with van der Waals surface area (Å²) < 4.78 is 6.39. The summed E-state index contributed by atoms with van der Waals surface area (Å²) in [6, 6.07) is 0. The predicted molar refractivity (Wildman–Crippen MR) is 112 cm³/mol. The molecule has 5 fully saturated rings. The molecule has 0 bridgehead atoms. The third kappa shape index (κ3) is 3.11. The van der Waals surface area contributed by atoms with Crippen LogP contribution in [0.25, 0.3) is 0 Å². The summed E-state index contributed by atoms with van der Waals surface area (Å²) in [5.74, 6) is 3.80. The van der Waals surface area contributed by atoms with Crippen molar-refractivity contribution < 1.29 is 9.53 Å². The van der Waals surface area contributed by atoms with E-state index in [4.69, 9.17) is 4.74 Å². The van der Waals surface area contributed by atoms with Gasteiger partial charge in [0.1, 0.15) is 5.78 Å². The van der Waals surface area contributed by atoms with Crippen molar-refractivity contribution in [2.45, 2.75) is 90.6 Å². The van der Waals surface area contributed by atoms with E-state index in [0.29, 0.717) is 23.2 Å². The minimum absolute atomic E-state index is 0.0280. The number of carbonyl (C=O) groups is 1. The van der Waals surface area contributed by atoms with E-state index in [1.807, 2.05) is 0 Å². The lowest BCUT2D eigenvalue weighted by molar-refractivity contribution is -0.145. The van der Waals surface area contributed by atoms with E-state index in [-0.39, 0.29) is 5.41 Å². The van der Waals surface area contributed by atoms with Crippen LogP contribution in [-0.2, 0) is 9.53 Å². The zero-order valence-electron chi connectivity index (χ0n) is 18.3. The lowest BCUT2D eigenvalue weighted by Crippen LogP contribution is -2.54. The molecular weight excluding hydrogens is 346 g/mol. The number of ether oxygens (including phenoxy) is 1. The molecule has 0 aromatic rings. The van der Waals surface area contributed by atoms with Crippen molar-refractivity contribution in [1.82, 2.24) is 4.90 Å². The number of carbonyl (C=O) groups excluding carboxylic acids is 1. The van der Waals surface area contributed by atoms with Crippen LogP contribution in [0.5, 0.6) is 0 Å². The average Bonchev–Trinajstić information content (AvgIpc) is 3.30. The van der Waals surface area contributed by atoms with Gasteiger partial charge in [0.15, 0.2) is 0 Å². The maximum Gasteiger partial charge on any atom is 0.139 e. The van der Waals surface area contributed by atoms with Crippen molar-refractivity contribution in [1.29, 1.82) is 0 Å². The first-order valence-electron chi connectivity index (χ1n) is 12.4. The van der Waals surface area contributed by atoms with Crippen LogP contribution in [0.2, 0.25) is 0 Å². The van der Waals surface area contributed by atoms with E-state index < -0.39 is 0 Å². The van der Waals surface area contributed by atoms with Gasteiger partial charge in [-0.3, -0.25) is 4.79 Å². The topological polar surface area (TPSA) is 29.5 Å². The molecular formula is C25H41NO2. The fraction of sp³-hybridized carbons (Fsp3) is 0.960. The largest absolute Gasteiger partial charge is 0.377 e. The molecule has 4 saturated carbocycles. The van der Waals surface area contributed by atoms with E-state index in [0.717, 1.165) is 43.7 Å². The number of hydrogen-bond acceptors (Lipinski definition) is 3. The van der Waals surface area contributed by atoms with Crippen LogP contribution in [0, 0.1) is 34.5 Å². The van der Waals surface area contributed by atoms with Gasteiger partial charge in [-0.15, -0.1) is 0 Å². The number of ketones is 1. The van der Waals surface area contributed by atoms with Crippen LogP contribution in [-0.4, -0.2) is 43.0 Å². The Labute approximate surface area is 172 Å². The van der Waals surface area contributed by atoms with E-state index in [1.54, 1.807) is 0 Å². The molecule has 7 atom stereocenters. The Morgan fingerprint density at radius 2 is 1.82 bits per heavy atom. The fourth-order valence-electron chi connectivity index (χ4n) is 8.50. The maximum absolute atomic E-state index is 12.6. The highest BCUT2D eigenvalue weighted by atomic mass is 16.5. The molecule has 0 aromatic heterocycles. The first-order chi connectivity index (χ1) is 13.5. The number of nitrogens with zero attached hydrogens (tertiary/aromatic N) is 1. The summed E-state index contributed by atoms with van der Waals surface area (Å²) in [4.78, 5) is 15.2. The van der Waals surface area contributed by atoms with Crippen molar-refractivity contribution in [3.8, 4) is 0 Å². The quantitative estimate of drug-likeness (QED) is 0.674. The van der Waals surface area contributed by atoms with E-state index in [9.17, 15) is 4.79 Å². The Kier molecular flexibility index (Phi) is 5.15. The van der Waals surface area contributed by atoms with Crippen LogP contribution < -0.4 is 0 Å². The number of likely N-dealkylation sites (tertiary alicyclic amines) is 1. The first-order valence-corrected chi connectivity index (χ1v) is 12.4. The highest BCUT2D eigenvalue weighted by molar-refractivity contribution is 5.87. The number of fused-ring (bicyclic) bond motifs is 5. The lowest BCUT2D eigenvalue weighted by Gasteiger charge is -2.60. The molecule has 0 aromatic carbocycles. The van der Waals surface area contributed by atoms with Gasteiger partial charge < -0.3 is 9.64 Å². The normalized spacial score (nSPS) is 48.9. The summed E-state index contributed by atoms with van der Waals surface area (Å²) in [6.07, 6.45) is 14.4. The molecule has 4 aliphatic carbocycles. The molecule has 1 aliphatic heterocycles. The zero-order chi connectivity index (χ0) is 19.4. The number of rotatable bonds is 4. The molecule has 158 valence electrons. The van der Waals surface area contributed by atoms with Crippen LogP contribution in [0.15, 0.2) is 0 Å². The molecule has 1 heterocycles.